The highest BCUT2D eigenvalue weighted by Crippen LogP contribution is 2.26. The van der Waals surface area contributed by atoms with Crippen molar-refractivity contribution >= 4 is 29.2 Å². The van der Waals surface area contributed by atoms with Crippen LogP contribution in [0.2, 0.25) is 0 Å². The molecule has 0 spiro atoms. The summed E-state index contributed by atoms with van der Waals surface area (Å²) in [6, 6.07) is 0. The number of hydrogen-bond acceptors (Lipinski definition) is 6. The first-order valence-electron chi connectivity index (χ1n) is 6.36. The molecule has 1 amide bonds. The third-order valence-corrected chi connectivity index (χ3v) is 5.10. The fourth-order valence-corrected chi connectivity index (χ4v) is 3.74. The number of nitrogens with zero attached hydrogens (tertiary/aromatic N) is 2. The van der Waals surface area contributed by atoms with E-state index in [4.69, 9.17) is 4.74 Å². The van der Waals surface area contributed by atoms with E-state index in [2.05, 4.69) is 17.2 Å². The minimum absolute atomic E-state index is 0.200. The van der Waals surface area contributed by atoms with E-state index in [-0.39, 0.29) is 6.09 Å². The normalized spacial score (nSPS) is 15.6. The molecule has 0 radical (unpaired) electrons. The molecule has 1 aromatic heterocycles. The van der Waals surface area contributed by atoms with Crippen LogP contribution in [0, 0.1) is 13.8 Å². The third-order valence-electron chi connectivity index (χ3n) is 2.92. The number of ether oxygens (including phenoxy) is 1. The number of hydrogen-bond donors (Lipinski definition) is 1. The summed E-state index contributed by atoms with van der Waals surface area (Å²) in [5.41, 5.74) is 1.09. The zero-order valence-electron chi connectivity index (χ0n) is 11.3. The van der Waals surface area contributed by atoms with Crippen LogP contribution < -0.4 is 5.32 Å². The summed E-state index contributed by atoms with van der Waals surface area (Å²) in [5, 5.41) is 3.21. The first kappa shape index (κ1) is 14.6. The monoisotopic (exact) mass is 301 g/mol. The van der Waals surface area contributed by atoms with Crippen molar-refractivity contribution in [2.75, 3.05) is 38.5 Å². The fraction of sp³-hybridized carbons (Fsp3) is 0.667. The molecule has 0 aliphatic carbocycles. The number of thiazole rings is 1. The van der Waals surface area contributed by atoms with Crippen molar-refractivity contribution in [3.8, 4) is 0 Å². The maximum Gasteiger partial charge on any atom is 0.409 e. The molecule has 0 atom stereocenters. The van der Waals surface area contributed by atoms with E-state index in [0.717, 1.165) is 42.0 Å². The molecule has 1 aromatic rings. The number of aromatic nitrogens is 1. The Morgan fingerprint density at radius 2 is 2.21 bits per heavy atom. The van der Waals surface area contributed by atoms with Crippen molar-refractivity contribution < 1.29 is 9.53 Å². The van der Waals surface area contributed by atoms with Crippen LogP contribution in [0.15, 0.2) is 4.34 Å². The molecule has 2 heterocycles. The Labute approximate surface area is 121 Å². The van der Waals surface area contributed by atoms with Gasteiger partial charge in [0.25, 0.3) is 0 Å². The van der Waals surface area contributed by atoms with Crippen LogP contribution in [-0.4, -0.2) is 54.5 Å². The van der Waals surface area contributed by atoms with Crippen LogP contribution in [0.3, 0.4) is 0 Å². The summed E-state index contributed by atoms with van der Waals surface area (Å²) in [7, 11) is 0. The van der Waals surface area contributed by atoms with Gasteiger partial charge < -0.3 is 15.0 Å². The standard InChI is InChI=1S/C12H19N3O2S2/c1-9-10(2)19-11(14-9)18-8-7-17-12(16)15-5-3-13-4-6-15/h13H,3-8H2,1-2H3. The average Bonchev–Trinajstić information content (AvgIpc) is 2.74. The molecule has 1 fully saturated rings. The summed E-state index contributed by atoms with van der Waals surface area (Å²) in [6.07, 6.45) is -0.200. The number of amides is 1. The minimum Gasteiger partial charge on any atom is -0.449 e. The molecule has 1 saturated heterocycles. The summed E-state index contributed by atoms with van der Waals surface area (Å²) in [4.78, 5) is 19.2. The second-order valence-electron chi connectivity index (χ2n) is 4.32. The number of nitrogens with one attached hydrogen (secondary N) is 1. The summed E-state index contributed by atoms with van der Waals surface area (Å²) in [5.74, 6) is 0.754. The van der Waals surface area contributed by atoms with Crippen LogP contribution >= 0.6 is 23.1 Å². The van der Waals surface area contributed by atoms with Gasteiger partial charge in [-0.1, -0.05) is 11.8 Å². The van der Waals surface area contributed by atoms with Crippen molar-refractivity contribution in [1.29, 1.82) is 0 Å². The first-order chi connectivity index (χ1) is 9.16. The zero-order chi connectivity index (χ0) is 13.7. The SMILES string of the molecule is Cc1nc(SCCOC(=O)N2CCNCC2)sc1C. The molecule has 0 saturated carbocycles. The molecule has 0 aromatic carbocycles. The Bertz CT molecular complexity index is 411. The van der Waals surface area contributed by atoms with Gasteiger partial charge in [0.05, 0.1) is 5.69 Å². The van der Waals surface area contributed by atoms with Gasteiger partial charge in [-0.15, -0.1) is 11.3 Å². The Morgan fingerprint density at radius 3 is 2.84 bits per heavy atom. The zero-order valence-corrected chi connectivity index (χ0v) is 12.9. The van der Waals surface area contributed by atoms with Crippen LogP contribution in [-0.2, 0) is 4.74 Å². The second kappa shape index (κ2) is 7.12. The second-order valence-corrected chi connectivity index (χ2v) is 6.87. The van der Waals surface area contributed by atoms with Crippen molar-refractivity contribution in [1.82, 2.24) is 15.2 Å². The molecular formula is C12H19N3O2S2. The summed E-state index contributed by atoms with van der Waals surface area (Å²) >= 11 is 3.34. The molecule has 5 nitrogen and oxygen atoms in total. The van der Waals surface area contributed by atoms with Gasteiger partial charge in [-0.2, -0.15) is 0 Å². The Kier molecular flexibility index (Phi) is 5.47. The topological polar surface area (TPSA) is 54.5 Å². The quantitative estimate of drug-likeness (QED) is 0.680. The van der Waals surface area contributed by atoms with Crippen LogP contribution in [0.25, 0.3) is 0 Å². The Morgan fingerprint density at radius 1 is 1.47 bits per heavy atom. The first-order valence-corrected chi connectivity index (χ1v) is 8.16. The highest BCUT2D eigenvalue weighted by atomic mass is 32.2. The minimum atomic E-state index is -0.200. The largest absolute Gasteiger partial charge is 0.449 e. The van der Waals surface area contributed by atoms with E-state index in [9.17, 15) is 4.79 Å². The van der Waals surface area contributed by atoms with Gasteiger partial charge in [-0.05, 0) is 13.8 Å². The number of carbonyl (C=O) groups excluding carboxylic acids is 1. The predicted octanol–water partition coefficient (Wildman–Crippen LogP) is 1.89. The van der Waals surface area contributed by atoms with Gasteiger partial charge >= 0.3 is 6.09 Å². The lowest BCUT2D eigenvalue weighted by atomic mass is 10.4. The van der Waals surface area contributed by atoms with Gasteiger partial charge in [0.1, 0.15) is 10.9 Å². The number of aryl methyl sites for hydroxylation is 2. The van der Waals surface area contributed by atoms with Gasteiger partial charge in [0.15, 0.2) is 0 Å². The lowest BCUT2D eigenvalue weighted by Crippen LogP contribution is -2.46. The van der Waals surface area contributed by atoms with Gasteiger partial charge in [-0.3, -0.25) is 0 Å². The van der Waals surface area contributed by atoms with Crippen LogP contribution in [0.1, 0.15) is 10.6 Å². The maximum atomic E-state index is 11.7. The van der Waals surface area contributed by atoms with Crippen molar-refractivity contribution in [3.63, 3.8) is 0 Å². The van der Waals surface area contributed by atoms with Crippen molar-refractivity contribution in [3.05, 3.63) is 10.6 Å². The summed E-state index contributed by atoms with van der Waals surface area (Å²) in [6.45, 7) is 7.68. The van der Waals surface area contributed by atoms with E-state index in [0.29, 0.717) is 6.61 Å². The number of piperazine rings is 1. The molecule has 0 bridgehead atoms. The van der Waals surface area contributed by atoms with E-state index >= 15 is 0 Å². The molecule has 1 aliphatic heterocycles. The van der Waals surface area contributed by atoms with E-state index in [1.54, 1.807) is 28.0 Å². The lowest BCUT2D eigenvalue weighted by Gasteiger charge is -2.26. The molecule has 1 N–H and O–H groups in total. The van der Waals surface area contributed by atoms with Crippen molar-refractivity contribution in [2.45, 2.75) is 18.2 Å². The smallest absolute Gasteiger partial charge is 0.409 e. The van der Waals surface area contributed by atoms with Gasteiger partial charge in [0.2, 0.25) is 0 Å². The van der Waals surface area contributed by atoms with E-state index in [1.807, 2.05) is 6.92 Å². The van der Waals surface area contributed by atoms with Gasteiger partial charge in [0, 0.05) is 36.8 Å². The lowest BCUT2D eigenvalue weighted by molar-refractivity contribution is 0.103. The molecule has 106 valence electrons. The summed E-state index contributed by atoms with van der Waals surface area (Å²) < 4.78 is 6.30. The van der Waals surface area contributed by atoms with E-state index in [1.165, 1.54) is 4.88 Å². The molecule has 0 unspecified atom stereocenters. The molecule has 19 heavy (non-hydrogen) atoms. The van der Waals surface area contributed by atoms with Crippen molar-refractivity contribution in [2.24, 2.45) is 0 Å². The highest BCUT2D eigenvalue weighted by molar-refractivity contribution is 8.01. The highest BCUT2D eigenvalue weighted by Gasteiger charge is 2.17. The fourth-order valence-electron chi connectivity index (χ4n) is 1.70. The maximum absolute atomic E-state index is 11.7. The molecule has 2 rings (SSSR count). The molecule has 7 heteroatoms. The number of thioether (sulfide) groups is 1. The predicted molar refractivity (Wildman–Crippen MR) is 78.1 cm³/mol. The molecule has 1 aliphatic rings. The van der Waals surface area contributed by atoms with Gasteiger partial charge in [-0.25, -0.2) is 9.78 Å². The Hall–Kier alpha value is -0.790. The van der Waals surface area contributed by atoms with Crippen LogP contribution in [0.5, 0.6) is 0 Å². The van der Waals surface area contributed by atoms with Crippen LogP contribution in [0.4, 0.5) is 4.79 Å². The number of rotatable bonds is 4. The number of carbonyl (C=O) groups is 1. The third kappa shape index (κ3) is 4.36. The average molecular weight is 301 g/mol. The Balaban J connectivity index is 1.64. The van der Waals surface area contributed by atoms with E-state index < -0.39 is 0 Å². The molecular weight excluding hydrogens is 282 g/mol.